The van der Waals surface area contributed by atoms with Crippen molar-refractivity contribution in [3.8, 4) is 0 Å². The van der Waals surface area contributed by atoms with Gasteiger partial charge in [-0.05, 0) is 31.1 Å². The number of rotatable bonds is 2. The predicted octanol–water partition coefficient (Wildman–Crippen LogP) is 2.40. The minimum Gasteiger partial charge on any atom is -0.340 e. The van der Waals surface area contributed by atoms with Crippen LogP contribution in [0.1, 0.15) is 53.9 Å². The van der Waals surface area contributed by atoms with Gasteiger partial charge in [0.25, 0.3) is 0 Å². The molecular formula is C14H28N2O. The zero-order valence-electron chi connectivity index (χ0n) is 12.0. The lowest BCUT2D eigenvalue weighted by Crippen LogP contribution is -2.48. The molecule has 0 aromatic rings. The zero-order valence-corrected chi connectivity index (χ0v) is 12.0. The average molecular weight is 240 g/mol. The number of hydrogen-bond acceptors (Lipinski definition) is 2. The fraction of sp³-hybridized carbons (Fsp3) is 0.929. The van der Waals surface area contributed by atoms with E-state index in [4.69, 9.17) is 5.73 Å². The summed E-state index contributed by atoms with van der Waals surface area (Å²) in [4.78, 5) is 14.3. The first-order valence-corrected chi connectivity index (χ1v) is 6.77. The largest absolute Gasteiger partial charge is 0.340 e. The highest BCUT2D eigenvalue weighted by atomic mass is 16.2. The normalized spacial score (nSPS) is 28.0. The molecule has 1 fully saturated rings. The molecule has 0 aromatic carbocycles. The second-order valence-electron chi connectivity index (χ2n) is 6.69. The third kappa shape index (κ3) is 3.98. The van der Waals surface area contributed by atoms with E-state index in [0.29, 0.717) is 24.3 Å². The van der Waals surface area contributed by atoms with E-state index in [9.17, 15) is 4.79 Å². The fourth-order valence-electron chi connectivity index (χ4n) is 2.26. The van der Waals surface area contributed by atoms with Gasteiger partial charge in [-0.15, -0.1) is 0 Å². The maximum absolute atomic E-state index is 12.3. The Morgan fingerprint density at radius 1 is 1.47 bits per heavy atom. The SMILES string of the molecule is C[C@@H]1C[C@@H](N)CCN1C(=O)C[C@@H](C)C(C)(C)C. The highest BCUT2D eigenvalue weighted by Crippen LogP contribution is 2.29. The molecule has 0 saturated carbocycles. The van der Waals surface area contributed by atoms with Crippen molar-refractivity contribution < 1.29 is 4.79 Å². The Morgan fingerprint density at radius 3 is 2.53 bits per heavy atom. The number of nitrogens with two attached hydrogens (primary N) is 1. The topological polar surface area (TPSA) is 46.3 Å². The van der Waals surface area contributed by atoms with Gasteiger partial charge in [0, 0.05) is 25.0 Å². The molecule has 3 heteroatoms. The summed E-state index contributed by atoms with van der Waals surface area (Å²) in [5.74, 6) is 0.713. The summed E-state index contributed by atoms with van der Waals surface area (Å²) in [6, 6.07) is 0.576. The van der Waals surface area contributed by atoms with Gasteiger partial charge >= 0.3 is 0 Å². The van der Waals surface area contributed by atoms with Crippen molar-refractivity contribution in [3.63, 3.8) is 0 Å². The number of hydrogen-bond donors (Lipinski definition) is 1. The molecule has 17 heavy (non-hydrogen) atoms. The van der Waals surface area contributed by atoms with E-state index in [-0.39, 0.29) is 11.5 Å². The van der Waals surface area contributed by atoms with Gasteiger partial charge in [-0.25, -0.2) is 0 Å². The summed E-state index contributed by atoms with van der Waals surface area (Å²) in [5, 5.41) is 0. The molecule has 1 rings (SSSR count). The summed E-state index contributed by atoms with van der Waals surface area (Å²) in [6.07, 6.45) is 2.54. The Hall–Kier alpha value is -0.570. The molecule has 1 aliphatic heterocycles. The highest BCUT2D eigenvalue weighted by Gasteiger charge is 2.30. The van der Waals surface area contributed by atoms with Crippen molar-refractivity contribution in [3.05, 3.63) is 0 Å². The van der Waals surface area contributed by atoms with E-state index in [2.05, 4.69) is 34.6 Å². The highest BCUT2D eigenvalue weighted by molar-refractivity contribution is 5.77. The van der Waals surface area contributed by atoms with Gasteiger partial charge in [-0.3, -0.25) is 4.79 Å². The van der Waals surface area contributed by atoms with Gasteiger partial charge in [-0.2, -0.15) is 0 Å². The third-order valence-corrected chi connectivity index (χ3v) is 4.20. The molecular weight excluding hydrogens is 212 g/mol. The van der Waals surface area contributed by atoms with Crippen LogP contribution in [0.15, 0.2) is 0 Å². The Bertz CT molecular complexity index is 270. The zero-order chi connectivity index (χ0) is 13.2. The lowest BCUT2D eigenvalue weighted by Gasteiger charge is -2.38. The van der Waals surface area contributed by atoms with Crippen LogP contribution in [-0.4, -0.2) is 29.4 Å². The smallest absolute Gasteiger partial charge is 0.223 e. The quantitative estimate of drug-likeness (QED) is 0.805. The molecule has 1 amide bonds. The summed E-state index contributed by atoms with van der Waals surface area (Å²) in [5.41, 5.74) is 6.12. The van der Waals surface area contributed by atoms with E-state index >= 15 is 0 Å². The van der Waals surface area contributed by atoms with Crippen LogP contribution in [0.3, 0.4) is 0 Å². The molecule has 0 bridgehead atoms. The van der Waals surface area contributed by atoms with Crippen LogP contribution in [0.5, 0.6) is 0 Å². The molecule has 0 aliphatic carbocycles. The molecule has 1 aliphatic rings. The van der Waals surface area contributed by atoms with Crippen molar-refractivity contribution in [1.82, 2.24) is 4.90 Å². The van der Waals surface area contributed by atoms with Gasteiger partial charge in [0.1, 0.15) is 0 Å². The third-order valence-electron chi connectivity index (χ3n) is 4.20. The van der Waals surface area contributed by atoms with E-state index in [1.807, 2.05) is 4.90 Å². The Morgan fingerprint density at radius 2 is 2.06 bits per heavy atom. The second kappa shape index (κ2) is 5.38. The molecule has 0 aromatic heterocycles. The lowest BCUT2D eigenvalue weighted by molar-refractivity contribution is -0.136. The Labute approximate surface area is 106 Å². The van der Waals surface area contributed by atoms with Gasteiger partial charge < -0.3 is 10.6 Å². The molecule has 0 unspecified atom stereocenters. The Balaban J connectivity index is 2.53. The van der Waals surface area contributed by atoms with Crippen molar-refractivity contribution in [1.29, 1.82) is 0 Å². The monoisotopic (exact) mass is 240 g/mol. The maximum atomic E-state index is 12.3. The van der Waals surface area contributed by atoms with Gasteiger partial charge in [-0.1, -0.05) is 27.7 Å². The number of carbonyl (C=O) groups is 1. The lowest BCUT2D eigenvalue weighted by atomic mass is 9.79. The van der Waals surface area contributed by atoms with Crippen LogP contribution < -0.4 is 5.73 Å². The van der Waals surface area contributed by atoms with E-state index in [1.54, 1.807) is 0 Å². The van der Waals surface area contributed by atoms with Crippen LogP contribution in [-0.2, 0) is 4.79 Å². The molecule has 3 atom stereocenters. The van der Waals surface area contributed by atoms with Crippen molar-refractivity contribution in [2.45, 2.75) is 66.0 Å². The summed E-state index contributed by atoms with van der Waals surface area (Å²) in [6.45, 7) is 11.7. The molecule has 100 valence electrons. The van der Waals surface area contributed by atoms with E-state index in [0.717, 1.165) is 19.4 Å². The van der Waals surface area contributed by atoms with E-state index in [1.165, 1.54) is 0 Å². The minimum atomic E-state index is 0.199. The van der Waals surface area contributed by atoms with Gasteiger partial charge in [0.2, 0.25) is 5.91 Å². The summed E-state index contributed by atoms with van der Waals surface area (Å²) >= 11 is 0. The summed E-state index contributed by atoms with van der Waals surface area (Å²) < 4.78 is 0. The number of amides is 1. The second-order valence-corrected chi connectivity index (χ2v) is 6.69. The van der Waals surface area contributed by atoms with Crippen molar-refractivity contribution >= 4 is 5.91 Å². The number of nitrogens with zero attached hydrogens (tertiary/aromatic N) is 1. The molecule has 1 saturated heterocycles. The molecule has 2 N–H and O–H groups in total. The van der Waals surface area contributed by atoms with Gasteiger partial charge in [0.05, 0.1) is 0 Å². The maximum Gasteiger partial charge on any atom is 0.223 e. The van der Waals surface area contributed by atoms with Gasteiger partial charge in [0.15, 0.2) is 0 Å². The molecule has 0 radical (unpaired) electrons. The van der Waals surface area contributed by atoms with Crippen molar-refractivity contribution in [2.24, 2.45) is 17.1 Å². The van der Waals surface area contributed by atoms with Crippen LogP contribution >= 0.6 is 0 Å². The predicted molar refractivity (Wildman–Crippen MR) is 71.6 cm³/mol. The van der Waals surface area contributed by atoms with Crippen LogP contribution in [0.2, 0.25) is 0 Å². The molecule has 0 spiro atoms. The Kier molecular flexibility index (Phi) is 4.59. The number of carbonyl (C=O) groups excluding carboxylic acids is 1. The standard InChI is InChI=1S/C14H28N2O/c1-10(14(3,4)5)8-13(17)16-7-6-12(15)9-11(16)2/h10-12H,6-9,15H2,1-5H3/t10-,11-,12+/m1/s1. The van der Waals surface area contributed by atoms with Crippen molar-refractivity contribution in [2.75, 3.05) is 6.54 Å². The van der Waals surface area contributed by atoms with Crippen LogP contribution in [0, 0.1) is 11.3 Å². The first kappa shape index (κ1) is 14.5. The fourth-order valence-corrected chi connectivity index (χ4v) is 2.26. The van der Waals surface area contributed by atoms with Crippen LogP contribution in [0.25, 0.3) is 0 Å². The number of piperidine rings is 1. The minimum absolute atomic E-state index is 0.199. The average Bonchev–Trinajstić information content (AvgIpc) is 2.15. The van der Waals surface area contributed by atoms with Crippen LogP contribution in [0.4, 0.5) is 0 Å². The first-order valence-electron chi connectivity index (χ1n) is 6.77. The van der Waals surface area contributed by atoms with E-state index < -0.39 is 0 Å². The molecule has 3 nitrogen and oxygen atoms in total. The summed E-state index contributed by atoms with van der Waals surface area (Å²) in [7, 11) is 0. The first-order chi connectivity index (χ1) is 7.71. The molecule has 1 heterocycles. The number of likely N-dealkylation sites (tertiary alicyclic amines) is 1.